The van der Waals surface area contributed by atoms with Crippen LogP contribution in [0.2, 0.25) is 0 Å². The lowest BCUT2D eigenvalue weighted by Crippen LogP contribution is -1.86. The second-order valence-corrected chi connectivity index (χ2v) is 1.79. The molecule has 1 aliphatic rings. The zero-order chi connectivity index (χ0) is 5.82. The van der Waals surface area contributed by atoms with Crippen molar-refractivity contribution in [2.45, 2.75) is 6.42 Å². The van der Waals surface area contributed by atoms with Gasteiger partial charge >= 0.3 is 0 Å². The molecule has 0 aliphatic heterocycles. The summed E-state index contributed by atoms with van der Waals surface area (Å²) < 4.78 is 0. The van der Waals surface area contributed by atoms with E-state index in [1.165, 1.54) is 5.92 Å². The quantitative estimate of drug-likeness (QED) is 0.471. The molecule has 0 spiro atoms. The minimum absolute atomic E-state index is 0.993. The van der Waals surface area contributed by atoms with E-state index in [1.54, 1.807) is 0 Å². The summed E-state index contributed by atoms with van der Waals surface area (Å²) >= 11 is 0. The van der Waals surface area contributed by atoms with Crippen LogP contribution in [-0.2, 0) is 0 Å². The molecule has 1 saturated carbocycles. The third kappa shape index (κ3) is 1.36. The van der Waals surface area contributed by atoms with Gasteiger partial charge in [-0.2, -0.15) is 0 Å². The SMILES string of the molecule is C=CC[C]1[CH][CH][CH][CH]1. The summed E-state index contributed by atoms with van der Waals surface area (Å²) in [5.41, 5.74) is 0. The van der Waals surface area contributed by atoms with Gasteiger partial charge in [-0.3, -0.25) is 0 Å². The Labute approximate surface area is 51.6 Å². The normalized spacial score (nSPS) is 21.5. The van der Waals surface area contributed by atoms with Gasteiger partial charge in [-0.25, -0.2) is 0 Å². The summed E-state index contributed by atoms with van der Waals surface area (Å²) in [5.74, 6) is 1.35. The van der Waals surface area contributed by atoms with Crippen molar-refractivity contribution in [3.8, 4) is 0 Å². The topological polar surface area (TPSA) is 0 Å². The number of allylic oxidation sites excluding steroid dienone is 1. The Morgan fingerprint density at radius 2 is 2.00 bits per heavy atom. The van der Waals surface area contributed by atoms with Gasteiger partial charge in [0.15, 0.2) is 0 Å². The van der Waals surface area contributed by atoms with Gasteiger partial charge in [0, 0.05) is 0 Å². The van der Waals surface area contributed by atoms with Gasteiger partial charge in [-0.05, 0) is 38.0 Å². The molecule has 0 saturated heterocycles. The molecule has 0 heteroatoms. The van der Waals surface area contributed by atoms with Gasteiger partial charge < -0.3 is 0 Å². The molecule has 0 aromatic carbocycles. The van der Waals surface area contributed by atoms with Crippen LogP contribution in [0.1, 0.15) is 6.42 Å². The molecular weight excluding hydrogens is 96.1 g/mol. The van der Waals surface area contributed by atoms with Gasteiger partial charge in [0.05, 0.1) is 0 Å². The Morgan fingerprint density at radius 1 is 1.38 bits per heavy atom. The molecule has 0 aromatic rings. The highest BCUT2D eigenvalue weighted by atomic mass is 14.2. The second kappa shape index (κ2) is 2.91. The zero-order valence-corrected chi connectivity index (χ0v) is 4.80. The molecule has 8 heavy (non-hydrogen) atoms. The minimum Gasteiger partial charge on any atom is -0.103 e. The standard InChI is InChI=1S/C8H9/c1-2-5-8-6-3-4-7-8/h2-4,6-7H,1,5H2. The first-order valence-electron chi connectivity index (χ1n) is 2.75. The van der Waals surface area contributed by atoms with Crippen LogP contribution in [-0.4, -0.2) is 0 Å². The van der Waals surface area contributed by atoms with E-state index < -0.39 is 0 Å². The van der Waals surface area contributed by atoms with E-state index in [0.717, 1.165) is 6.42 Å². The molecular formula is C8H9. The Morgan fingerprint density at radius 3 is 2.50 bits per heavy atom. The maximum Gasteiger partial charge on any atom is -0.0130 e. The third-order valence-electron chi connectivity index (χ3n) is 1.11. The number of rotatable bonds is 2. The Hall–Kier alpha value is -0.260. The van der Waals surface area contributed by atoms with Crippen molar-refractivity contribution < 1.29 is 0 Å². The summed E-state index contributed by atoms with van der Waals surface area (Å²) in [6.45, 7) is 3.64. The largest absolute Gasteiger partial charge is 0.103 e. The van der Waals surface area contributed by atoms with Crippen molar-refractivity contribution in [1.29, 1.82) is 0 Å². The molecule has 0 atom stereocenters. The lowest BCUT2D eigenvalue weighted by molar-refractivity contribution is 1.10. The number of hydrogen-bond acceptors (Lipinski definition) is 0. The van der Waals surface area contributed by atoms with Crippen LogP contribution >= 0.6 is 0 Å². The molecule has 1 rings (SSSR count). The van der Waals surface area contributed by atoms with Gasteiger partial charge in [-0.15, -0.1) is 6.58 Å². The van der Waals surface area contributed by atoms with Crippen LogP contribution in [0, 0.1) is 31.6 Å². The highest BCUT2D eigenvalue weighted by Gasteiger charge is 2.13. The van der Waals surface area contributed by atoms with E-state index in [0.29, 0.717) is 0 Å². The fourth-order valence-corrected chi connectivity index (χ4v) is 0.717. The Balaban J connectivity index is 2.14. The van der Waals surface area contributed by atoms with Gasteiger partial charge in [0.2, 0.25) is 0 Å². The Bertz CT molecular complexity index is 68.1. The molecule has 0 aromatic heterocycles. The summed E-state index contributed by atoms with van der Waals surface area (Å²) in [5, 5.41) is 0. The second-order valence-electron chi connectivity index (χ2n) is 1.79. The van der Waals surface area contributed by atoms with Crippen molar-refractivity contribution in [3.63, 3.8) is 0 Å². The van der Waals surface area contributed by atoms with Gasteiger partial charge in [-0.1, -0.05) is 6.08 Å². The molecule has 41 valence electrons. The van der Waals surface area contributed by atoms with Crippen molar-refractivity contribution in [2.24, 2.45) is 0 Å². The molecule has 0 nitrogen and oxygen atoms in total. The highest BCUT2D eigenvalue weighted by Crippen LogP contribution is 2.25. The summed E-state index contributed by atoms with van der Waals surface area (Å²) in [7, 11) is 0. The smallest absolute Gasteiger partial charge is 0.0130 e. The minimum atomic E-state index is 0.993. The average molecular weight is 105 g/mol. The van der Waals surface area contributed by atoms with E-state index in [-0.39, 0.29) is 0 Å². The number of hydrogen-bond donors (Lipinski definition) is 0. The lowest BCUT2D eigenvalue weighted by atomic mass is 10.1. The van der Waals surface area contributed by atoms with Crippen LogP contribution in [0.15, 0.2) is 12.7 Å². The maximum absolute atomic E-state index is 3.64. The van der Waals surface area contributed by atoms with Crippen LogP contribution in [0.4, 0.5) is 0 Å². The Kier molecular flexibility index (Phi) is 2.13. The first-order valence-corrected chi connectivity index (χ1v) is 2.75. The van der Waals surface area contributed by atoms with Crippen molar-refractivity contribution in [1.82, 2.24) is 0 Å². The molecule has 0 heterocycles. The van der Waals surface area contributed by atoms with Crippen LogP contribution < -0.4 is 0 Å². The molecule has 0 unspecified atom stereocenters. The first-order chi connectivity index (χ1) is 3.93. The summed E-state index contributed by atoms with van der Waals surface area (Å²) in [4.78, 5) is 0. The predicted octanol–water partition coefficient (Wildman–Crippen LogP) is 1.97. The van der Waals surface area contributed by atoms with E-state index >= 15 is 0 Å². The third-order valence-corrected chi connectivity index (χ3v) is 1.11. The lowest BCUT2D eigenvalue weighted by Gasteiger charge is -1.99. The average Bonchev–Trinajstić information content (AvgIpc) is 2.19. The maximum atomic E-state index is 3.64. The van der Waals surface area contributed by atoms with Crippen molar-refractivity contribution >= 4 is 0 Å². The molecule has 1 fully saturated rings. The molecule has 0 amide bonds. The fraction of sp³-hybridized carbons (Fsp3) is 0.125. The first kappa shape index (κ1) is 5.87. The molecule has 0 N–H and O–H groups in total. The van der Waals surface area contributed by atoms with Crippen LogP contribution in [0.25, 0.3) is 0 Å². The van der Waals surface area contributed by atoms with Gasteiger partial charge in [0.25, 0.3) is 0 Å². The predicted molar refractivity (Wildman–Crippen MR) is 35.3 cm³/mol. The monoisotopic (exact) mass is 105 g/mol. The van der Waals surface area contributed by atoms with E-state index in [1.807, 2.05) is 18.9 Å². The summed E-state index contributed by atoms with van der Waals surface area (Å²) in [6, 6.07) is 0. The molecule has 0 bridgehead atoms. The zero-order valence-electron chi connectivity index (χ0n) is 4.80. The van der Waals surface area contributed by atoms with Crippen LogP contribution in [0.5, 0.6) is 0 Å². The van der Waals surface area contributed by atoms with Crippen molar-refractivity contribution in [3.05, 3.63) is 44.3 Å². The van der Waals surface area contributed by atoms with E-state index in [4.69, 9.17) is 0 Å². The van der Waals surface area contributed by atoms with E-state index in [2.05, 4.69) is 19.4 Å². The fourth-order valence-electron chi connectivity index (χ4n) is 0.717. The molecule has 1 aliphatic carbocycles. The highest BCUT2D eigenvalue weighted by molar-refractivity contribution is 5.36. The van der Waals surface area contributed by atoms with Crippen LogP contribution in [0.3, 0.4) is 0 Å². The molecule has 5 radical (unpaired) electrons. The van der Waals surface area contributed by atoms with E-state index in [9.17, 15) is 0 Å². The summed E-state index contributed by atoms with van der Waals surface area (Å²) in [6.07, 6.45) is 11.2. The van der Waals surface area contributed by atoms with Crippen molar-refractivity contribution in [2.75, 3.05) is 0 Å². The van der Waals surface area contributed by atoms with Gasteiger partial charge in [0.1, 0.15) is 0 Å².